The third-order valence-electron chi connectivity index (χ3n) is 2.55. The first-order valence-electron chi connectivity index (χ1n) is 7.28. The van der Waals surface area contributed by atoms with Gasteiger partial charge in [0.05, 0.1) is 12.2 Å². The van der Waals surface area contributed by atoms with Gasteiger partial charge in [-0.15, -0.1) is 0 Å². The maximum absolute atomic E-state index is 11.8. The molecule has 1 aromatic carbocycles. The first-order chi connectivity index (χ1) is 10.3. The fourth-order valence-corrected chi connectivity index (χ4v) is 2.45. The average molecular weight is 324 g/mol. The average Bonchev–Trinajstić information content (AvgIpc) is 2.43. The molecule has 0 radical (unpaired) electrons. The van der Waals surface area contributed by atoms with Crippen LogP contribution in [-0.2, 0) is 4.74 Å². The highest BCUT2D eigenvalue weighted by atomic mass is 32.2. The maximum Gasteiger partial charge on any atom is 0.338 e. The molecular weight excluding hydrogens is 300 g/mol. The number of carbonyl (C=O) groups excluding carboxylic acids is 2. The van der Waals surface area contributed by atoms with E-state index in [0.29, 0.717) is 24.4 Å². The molecule has 1 aromatic rings. The van der Waals surface area contributed by atoms with Gasteiger partial charge in [-0.25, -0.2) is 9.59 Å². The zero-order chi connectivity index (χ0) is 16.6. The lowest BCUT2D eigenvalue weighted by Crippen LogP contribution is -2.31. The number of esters is 1. The lowest BCUT2D eigenvalue weighted by atomic mass is 10.2. The molecule has 0 aromatic heterocycles. The van der Waals surface area contributed by atoms with Crippen molar-refractivity contribution in [1.29, 1.82) is 0 Å². The van der Waals surface area contributed by atoms with Crippen molar-refractivity contribution in [2.45, 2.75) is 32.4 Å². The standard InChI is InChI=1S/C16H24N2O3S/c1-5-21-14(19)12-7-6-8-13(11-12)18-15(20)17-9-10-22-16(2,3)4/h6-8,11H,5,9-10H2,1-4H3,(H2,17,18,20). The number of carbonyl (C=O) groups is 2. The molecule has 0 spiro atoms. The number of amides is 2. The Hall–Kier alpha value is -1.69. The summed E-state index contributed by atoms with van der Waals surface area (Å²) in [6, 6.07) is 6.40. The fraction of sp³-hybridized carbons (Fsp3) is 0.500. The van der Waals surface area contributed by atoms with Crippen molar-refractivity contribution in [2.75, 3.05) is 24.2 Å². The van der Waals surface area contributed by atoms with Gasteiger partial charge in [-0.3, -0.25) is 0 Å². The second-order valence-corrected chi connectivity index (χ2v) is 7.56. The van der Waals surface area contributed by atoms with Gasteiger partial charge in [0.2, 0.25) is 0 Å². The number of thioether (sulfide) groups is 1. The highest BCUT2D eigenvalue weighted by Crippen LogP contribution is 2.22. The number of hydrogen-bond donors (Lipinski definition) is 2. The lowest BCUT2D eigenvalue weighted by molar-refractivity contribution is 0.0526. The number of rotatable bonds is 6. The quantitative estimate of drug-likeness (QED) is 0.620. The zero-order valence-corrected chi connectivity index (χ0v) is 14.4. The molecule has 0 heterocycles. The van der Waals surface area contributed by atoms with E-state index in [-0.39, 0.29) is 10.8 Å². The Morgan fingerprint density at radius 3 is 2.64 bits per heavy atom. The van der Waals surface area contributed by atoms with Crippen molar-refractivity contribution in [1.82, 2.24) is 5.32 Å². The van der Waals surface area contributed by atoms with E-state index < -0.39 is 5.97 Å². The summed E-state index contributed by atoms with van der Waals surface area (Å²) in [5.74, 6) is 0.452. The van der Waals surface area contributed by atoms with E-state index in [2.05, 4.69) is 31.4 Å². The second kappa shape index (κ2) is 8.68. The smallest absolute Gasteiger partial charge is 0.338 e. The number of nitrogens with one attached hydrogen (secondary N) is 2. The molecule has 22 heavy (non-hydrogen) atoms. The third kappa shape index (κ3) is 7.36. The van der Waals surface area contributed by atoms with Gasteiger partial charge >= 0.3 is 12.0 Å². The molecule has 122 valence electrons. The molecule has 0 bridgehead atoms. The van der Waals surface area contributed by atoms with Crippen LogP contribution >= 0.6 is 11.8 Å². The summed E-state index contributed by atoms with van der Waals surface area (Å²) in [4.78, 5) is 23.4. The van der Waals surface area contributed by atoms with Gasteiger partial charge in [-0.05, 0) is 25.1 Å². The normalized spacial score (nSPS) is 10.9. The Morgan fingerprint density at radius 2 is 2.00 bits per heavy atom. The van der Waals surface area contributed by atoms with Crippen molar-refractivity contribution >= 4 is 29.4 Å². The lowest BCUT2D eigenvalue weighted by Gasteiger charge is -2.17. The minimum atomic E-state index is -0.395. The molecule has 0 saturated heterocycles. The molecule has 0 aliphatic rings. The third-order valence-corrected chi connectivity index (χ3v) is 3.83. The summed E-state index contributed by atoms with van der Waals surface area (Å²) in [6.45, 7) is 9.08. The molecule has 6 heteroatoms. The molecule has 1 rings (SSSR count). The topological polar surface area (TPSA) is 67.4 Å². The van der Waals surface area contributed by atoms with Crippen molar-refractivity contribution in [3.05, 3.63) is 29.8 Å². The van der Waals surface area contributed by atoms with E-state index in [1.54, 1.807) is 43.0 Å². The van der Waals surface area contributed by atoms with Crippen LogP contribution in [0.15, 0.2) is 24.3 Å². The van der Waals surface area contributed by atoms with Gasteiger partial charge in [-0.1, -0.05) is 26.8 Å². The SMILES string of the molecule is CCOC(=O)c1cccc(NC(=O)NCCSC(C)(C)C)c1. The highest BCUT2D eigenvalue weighted by Gasteiger charge is 2.11. The molecule has 0 atom stereocenters. The highest BCUT2D eigenvalue weighted by molar-refractivity contribution is 8.00. The van der Waals surface area contributed by atoms with Crippen LogP contribution in [0.25, 0.3) is 0 Å². The first-order valence-corrected chi connectivity index (χ1v) is 8.26. The maximum atomic E-state index is 11.8. The van der Waals surface area contributed by atoms with Gasteiger partial charge in [0.25, 0.3) is 0 Å². The molecule has 5 nitrogen and oxygen atoms in total. The number of anilines is 1. The van der Waals surface area contributed by atoms with Crippen molar-refractivity contribution in [3.63, 3.8) is 0 Å². The molecule has 0 fully saturated rings. The van der Waals surface area contributed by atoms with Crippen LogP contribution in [0.1, 0.15) is 38.1 Å². The van der Waals surface area contributed by atoms with Crippen LogP contribution in [0.3, 0.4) is 0 Å². The van der Waals surface area contributed by atoms with Gasteiger partial charge in [0.1, 0.15) is 0 Å². The summed E-state index contributed by atoms with van der Waals surface area (Å²) in [5.41, 5.74) is 0.981. The molecule has 0 saturated carbocycles. The van der Waals surface area contributed by atoms with Crippen LogP contribution in [0.4, 0.5) is 10.5 Å². The Morgan fingerprint density at radius 1 is 1.27 bits per heavy atom. The minimum Gasteiger partial charge on any atom is -0.462 e. The fourth-order valence-electron chi connectivity index (χ4n) is 1.64. The van der Waals surface area contributed by atoms with Crippen molar-refractivity contribution in [2.24, 2.45) is 0 Å². The summed E-state index contributed by atoms with van der Waals surface area (Å²) in [6.07, 6.45) is 0. The summed E-state index contributed by atoms with van der Waals surface area (Å²) in [7, 11) is 0. The number of hydrogen-bond acceptors (Lipinski definition) is 4. The predicted molar refractivity (Wildman–Crippen MR) is 91.6 cm³/mol. The minimum absolute atomic E-state index is 0.187. The van der Waals surface area contributed by atoms with E-state index in [1.807, 2.05) is 0 Å². The molecule has 0 aliphatic carbocycles. The number of ether oxygens (including phenoxy) is 1. The molecule has 0 aliphatic heterocycles. The van der Waals surface area contributed by atoms with Crippen LogP contribution < -0.4 is 10.6 Å². The summed E-state index contributed by atoms with van der Waals surface area (Å²) in [5, 5.41) is 5.50. The van der Waals surface area contributed by atoms with Crippen LogP contribution in [0, 0.1) is 0 Å². The first kappa shape index (κ1) is 18.4. The summed E-state index contributed by atoms with van der Waals surface area (Å²) >= 11 is 1.79. The molecule has 2 N–H and O–H groups in total. The van der Waals surface area contributed by atoms with Crippen LogP contribution in [0.2, 0.25) is 0 Å². The van der Waals surface area contributed by atoms with Crippen molar-refractivity contribution < 1.29 is 14.3 Å². The number of benzene rings is 1. The number of urea groups is 1. The Labute approximate surface area is 136 Å². The van der Waals surface area contributed by atoms with E-state index in [9.17, 15) is 9.59 Å². The Balaban J connectivity index is 2.44. The van der Waals surface area contributed by atoms with E-state index in [4.69, 9.17) is 4.74 Å². The van der Waals surface area contributed by atoms with Gasteiger partial charge in [0, 0.05) is 22.7 Å². The largest absolute Gasteiger partial charge is 0.462 e. The van der Waals surface area contributed by atoms with Crippen LogP contribution in [-0.4, -0.2) is 35.7 Å². The van der Waals surface area contributed by atoms with Gasteiger partial charge in [0.15, 0.2) is 0 Å². The van der Waals surface area contributed by atoms with Gasteiger partial charge in [-0.2, -0.15) is 11.8 Å². The Bertz CT molecular complexity index is 512. The molecule has 2 amide bonds. The summed E-state index contributed by atoms with van der Waals surface area (Å²) < 4.78 is 5.12. The predicted octanol–water partition coefficient (Wildman–Crippen LogP) is 3.52. The van der Waals surface area contributed by atoms with Gasteiger partial charge < -0.3 is 15.4 Å². The monoisotopic (exact) mass is 324 g/mol. The second-order valence-electron chi connectivity index (χ2n) is 5.64. The molecule has 0 unspecified atom stereocenters. The van der Waals surface area contributed by atoms with E-state index >= 15 is 0 Å². The van der Waals surface area contributed by atoms with E-state index in [1.165, 1.54) is 0 Å². The zero-order valence-electron chi connectivity index (χ0n) is 13.6. The van der Waals surface area contributed by atoms with E-state index in [0.717, 1.165) is 5.75 Å². The molecular formula is C16H24N2O3S. The van der Waals surface area contributed by atoms with Crippen molar-refractivity contribution in [3.8, 4) is 0 Å². The Kier molecular flexibility index (Phi) is 7.24. The van der Waals surface area contributed by atoms with Crippen LogP contribution in [0.5, 0.6) is 0 Å².